The molecule has 0 aliphatic heterocycles. The van der Waals surface area contributed by atoms with Crippen LogP contribution in [0.15, 0.2) is 54.6 Å². The summed E-state index contributed by atoms with van der Waals surface area (Å²) in [6, 6.07) is 10.6. The van der Waals surface area contributed by atoms with Crippen LogP contribution in [-0.4, -0.2) is 7.94 Å². The summed E-state index contributed by atoms with van der Waals surface area (Å²) >= 11 is 0.162. The molecular formula is C13H13I. The summed E-state index contributed by atoms with van der Waals surface area (Å²) in [5, 5.41) is 0. The summed E-state index contributed by atoms with van der Waals surface area (Å²) in [6.07, 6.45) is 10.2. The second-order valence-electron chi connectivity index (χ2n) is 3.21. The molecule has 72 valence electrons. The molecule has 0 spiro atoms. The zero-order chi connectivity index (χ0) is 9.64. The van der Waals surface area contributed by atoms with Gasteiger partial charge in [0.05, 0.1) is 0 Å². The van der Waals surface area contributed by atoms with Gasteiger partial charge in [-0.2, -0.15) is 0 Å². The standard InChI is InChI=1S/C13H13I/c1-3-7-12(8-4-1)11-14-13-9-5-2-6-10-13/h1-9,11,13H,10H2. The van der Waals surface area contributed by atoms with Crippen LogP contribution in [-0.2, 0) is 0 Å². The zero-order valence-electron chi connectivity index (χ0n) is 7.94. The summed E-state index contributed by atoms with van der Waals surface area (Å²) in [5.41, 5.74) is 1.38. The van der Waals surface area contributed by atoms with Gasteiger partial charge < -0.3 is 0 Å². The van der Waals surface area contributed by atoms with Gasteiger partial charge in [0.2, 0.25) is 0 Å². The highest BCUT2D eigenvalue weighted by atomic mass is 127. The molecule has 0 saturated carbocycles. The largest absolute Gasteiger partial charge is 0.114 e. The van der Waals surface area contributed by atoms with Gasteiger partial charge in [-0.05, 0) is 16.0 Å². The summed E-state index contributed by atoms with van der Waals surface area (Å²) < 4.78 is 3.23. The van der Waals surface area contributed by atoms with Gasteiger partial charge in [0, 0.05) is 3.92 Å². The number of hydrogen-bond donors (Lipinski definition) is 0. The van der Waals surface area contributed by atoms with Gasteiger partial charge in [0.15, 0.2) is 0 Å². The maximum Gasteiger partial charge on any atom is 0.0279 e. The molecule has 1 aromatic rings. The third-order valence-electron chi connectivity index (χ3n) is 2.08. The Balaban J connectivity index is 2.01. The van der Waals surface area contributed by atoms with E-state index in [1.165, 1.54) is 12.0 Å². The molecule has 0 amide bonds. The van der Waals surface area contributed by atoms with Crippen molar-refractivity contribution < 1.29 is 0 Å². The van der Waals surface area contributed by atoms with Crippen molar-refractivity contribution in [2.24, 2.45) is 0 Å². The molecule has 0 fully saturated rings. The van der Waals surface area contributed by atoms with E-state index in [-0.39, 0.29) is 20.7 Å². The van der Waals surface area contributed by atoms with Crippen molar-refractivity contribution in [1.29, 1.82) is 0 Å². The van der Waals surface area contributed by atoms with Crippen molar-refractivity contribution in [2.75, 3.05) is 0 Å². The minimum atomic E-state index is 0.162. The monoisotopic (exact) mass is 296 g/mol. The van der Waals surface area contributed by atoms with Crippen molar-refractivity contribution in [3.05, 3.63) is 60.2 Å². The van der Waals surface area contributed by atoms with E-state index in [2.05, 4.69) is 58.6 Å². The third kappa shape index (κ3) is 2.91. The molecule has 0 saturated heterocycles. The number of allylic oxidation sites excluding steroid dienone is 4. The zero-order valence-corrected chi connectivity index (χ0v) is 10.1. The van der Waals surface area contributed by atoms with Crippen molar-refractivity contribution in [1.82, 2.24) is 0 Å². The van der Waals surface area contributed by atoms with E-state index in [0.717, 1.165) is 3.92 Å². The second-order valence-corrected chi connectivity index (χ2v) is 6.15. The molecule has 0 bridgehead atoms. The van der Waals surface area contributed by atoms with Gasteiger partial charge in [0.25, 0.3) is 0 Å². The van der Waals surface area contributed by atoms with Crippen LogP contribution < -0.4 is 0 Å². The van der Waals surface area contributed by atoms with Crippen molar-refractivity contribution >= 4 is 24.7 Å². The third-order valence-corrected chi connectivity index (χ3v) is 5.00. The fraction of sp³-hybridized carbons (Fsp3) is 0.154. The van der Waals surface area contributed by atoms with Crippen LogP contribution in [0.4, 0.5) is 0 Å². The topological polar surface area (TPSA) is 0 Å². The molecular weight excluding hydrogens is 283 g/mol. The molecule has 2 rings (SSSR count). The predicted molar refractivity (Wildman–Crippen MR) is 72.3 cm³/mol. The Kier molecular flexibility index (Phi) is 3.69. The first-order valence-corrected chi connectivity index (χ1v) is 7.28. The molecule has 1 unspecified atom stereocenters. The average molecular weight is 296 g/mol. The molecule has 0 aromatic heterocycles. The minimum Gasteiger partial charge on any atom is -0.114 e. The Morgan fingerprint density at radius 1 is 1.14 bits per heavy atom. The van der Waals surface area contributed by atoms with Crippen molar-refractivity contribution in [3.8, 4) is 0 Å². The molecule has 0 heterocycles. The maximum atomic E-state index is 2.42. The average Bonchev–Trinajstić information content (AvgIpc) is 2.29. The van der Waals surface area contributed by atoms with Crippen LogP contribution in [0.25, 0.3) is 0 Å². The number of halogens is 1. The van der Waals surface area contributed by atoms with E-state index < -0.39 is 0 Å². The van der Waals surface area contributed by atoms with E-state index in [0.29, 0.717) is 0 Å². The van der Waals surface area contributed by atoms with Crippen LogP contribution in [0.5, 0.6) is 0 Å². The molecule has 1 atom stereocenters. The van der Waals surface area contributed by atoms with Gasteiger partial charge in [-0.15, -0.1) is 20.7 Å². The SMILES string of the molecule is C1=CCC(I=Cc2ccccc2)C=C1. The summed E-state index contributed by atoms with van der Waals surface area (Å²) in [5.74, 6) is 0. The lowest BCUT2D eigenvalue weighted by Gasteiger charge is -2.05. The molecule has 0 radical (unpaired) electrons. The number of benzene rings is 1. The predicted octanol–water partition coefficient (Wildman–Crippen LogP) is 3.69. The first-order chi connectivity index (χ1) is 6.95. The van der Waals surface area contributed by atoms with E-state index >= 15 is 0 Å². The summed E-state index contributed by atoms with van der Waals surface area (Å²) in [4.78, 5) is 0. The van der Waals surface area contributed by atoms with Crippen molar-refractivity contribution in [3.63, 3.8) is 0 Å². The highest BCUT2D eigenvalue weighted by Crippen LogP contribution is 2.19. The van der Waals surface area contributed by atoms with Crippen LogP contribution in [0.1, 0.15) is 12.0 Å². The molecule has 1 heteroatoms. The van der Waals surface area contributed by atoms with Gasteiger partial charge in [-0.1, -0.05) is 54.6 Å². The smallest absolute Gasteiger partial charge is 0.0279 e. The van der Waals surface area contributed by atoms with Crippen LogP contribution in [0.2, 0.25) is 0 Å². The van der Waals surface area contributed by atoms with E-state index in [4.69, 9.17) is 0 Å². The highest BCUT2D eigenvalue weighted by molar-refractivity contribution is 14.2. The fourth-order valence-corrected chi connectivity index (χ4v) is 3.68. The lowest BCUT2D eigenvalue weighted by atomic mass is 10.2. The summed E-state index contributed by atoms with van der Waals surface area (Å²) in [7, 11) is 0. The van der Waals surface area contributed by atoms with Crippen LogP contribution >= 0.6 is 20.7 Å². The lowest BCUT2D eigenvalue weighted by Crippen LogP contribution is -1.94. The summed E-state index contributed by atoms with van der Waals surface area (Å²) in [6.45, 7) is 0. The Labute approximate surface area is 95.1 Å². The molecule has 0 N–H and O–H groups in total. The Hall–Kier alpha value is -0.700. The molecule has 1 aromatic carbocycles. The van der Waals surface area contributed by atoms with Gasteiger partial charge in [0.1, 0.15) is 0 Å². The minimum absolute atomic E-state index is 0.162. The number of hydrogen-bond acceptors (Lipinski definition) is 0. The van der Waals surface area contributed by atoms with E-state index in [1.54, 1.807) is 0 Å². The molecule has 14 heavy (non-hydrogen) atoms. The number of alkyl halides is 1. The Bertz CT molecular complexity index is 360. The van der Waals surface area contributed by atoms with Crippen molar-refractivity contribution in [2.45, 2.75) is 10.3 Å². The van der Waals surface area contributed by atoms with Crippen LogP contribution in [0.3, 0.4) is 0 Å². The normalized spacial score (nSPS) is 21.0. The van der Waals surface area contributed by atoms with Gasteiger partial charge in [-0.25, -0.2) is 0 Å². The highest BCUT2D eigenvalue weighted by Gasteiger charge is 1.99. The van der Waals surface area contributed by atoms with E-state index in [9.17, 15) is 0 Å². The molecule has 0 nitrogen and oxygen atoms in total. The first kappa shape index (κ1) is 9.84. The maximum absolute atomic E-state index is 2.42. The Morgan fingerprint density at radius 3 is 2.71 bits per heavy atom. The molecule has 1 aliphatic carbocycles. The van der Waals surface area contributed by atoms with E-state index in [1.807, 2.05) is 0 Å². The second kappa shape index (κ2) is 5.25. The number of rotatable bonds is 2. The van der Waals surface area contributed by atoms with Gasteiger partial charge >= 0.3 is 0 Å². The fourth-order valence-electron chi connectivity index (χ4n) is 1.32. The van der Waals surface area contributed by atoms with Gasteiger partial charge in [-0.3, -0.25) is 0 Å². The lowest BCUT2D eigenvalue weighted by molar-refractivity contribution is 1.09. The Morgan fingerprint density at radius 2 is 2.00 bits per heavy atom. The first-order valence-electron chi connectivity index (χ1n) is 4.79. The van der Waals surface area contributed by atoms with Crippen LogP contribution in [0, 0.1) is 0 Å². The quantitative estimate of drug-likeness (QED) is 0.577. The molecule has 1 aliphatic rings.